The van der Waals surface area contributed by atoms with Crippen LogP contribution < -0.4 is 5.56 Å². The zero-order valence-corrected chi connectivity index (χ0v) is 13.3. The molecule has 5 heteroatoms. The fraction of sp³-hybridized carbons (Fsp3) is 0.150. The van der Waals surface area contributed by atoms with Crippen LogP contribution in [0.25, 0.3) is 10.9 Å². The number of carbonyl (C=O) groups excluding carboxylic acids is 1. The molecule has 0 radical (unpaired) electrons. The predicted octanol–water partition coefficient (Wildman–Crippen LogP) is 2.75. The van der Waals surface area contributed by atoms with E-state index in [9.17, 15) is 19.5 Å². The molecule has 0 saturated carbocycles. The molecule has 4 rings (SSSR count). The zero-order valence-electron chi connectivity index (χ0n) is 13.3. The normalized spacial score (nSPS) is 13.8. The Bertz CT molecular complexity index is 1060. The minimum absolute atomic E-state index is 0.347. The quantitative estimate of drug-likeness (QED) is 0.782. The number of nitrogens with zero attached hydrogens (tertiary/aromatic N) is 1. The lowest BCUT2D eigenvalue weighted by Crippen LogP contribution is -2.35. The molecule has 0 bridgehead atoms. The lowest BCUT2D eigenvalue weighted by Gasteiger charge is -2.14. The van der Waals surface area contributed by atoms with Gasteiger partial charge in [-0.1, -0.05) is 42.5 Å². The van der Waals surface area contributed by atoms with Gasteiger partial charge in [-0.3, -0.25) is 9.59 Å². The van der Waals surface area contributed by atoms with Crippen molar-refractivity contribution in [2.45, 2.75) is 12.8 Å². The molecule has 1 aliphatic carbocycles. The molecular formula is C20H15NO4. The van der Waals surface area contributed by atoms with Crippen molar-refractivity contribution in [3.05, 3.63) is 81.6 Å². The van der Waals surface area contributed by atoms with Gasteiger partial charge in [-0.05, 0) is 41.5 Å². The van der Waals surface area contributed by atoms with Gasteiger partial charge >= 0.3 is 5.97 Å². The van der Waals surface area contributed by atoms with E-state index in [4.69, 9.17) is 0 Å². The smallest absolute Gasteiger partial charge is 0.341 e. The lowest BCUT2D eigenvalue weighted by molar-refractivity contribution is 0.0694. The van der Waals surface area contributed by atoms with E-state index in [0.29, 0.717) is 23.7 Å². The van der Waals surface area contributed by atoms with Gasteiger partial charge < -0.3 is 5.11 Å². The van der Waals surface area contributed by atoms with Crippen LogP contribution in [0.3, 0.4) is 0 Å². The fourth-order valence-corrected chi connectivity index (χ4v) is 3.55. The highest BCUT2D eigenvalue weighted by molar-refractivity contribution is 5.98. The Kier molecular flexibility index (Phi) is 3.50. The summed E-state index contributed by atoms with van der Waals surface area (Å²) in [5.74, 6) is -2.03. The van der Waals surface area contributed by atoms with Gasteiger partial charge in [0.25, 0.3) is 5.56 Å². The average Bonchev–Trinajstić information content (AvgIpc) is 3.04. The number of hydrogen-bond acceptors (Lipinski definition) is 3. The number of pyridine rings is 1. The van der Waals surface area contributed by atoms with Crippen LogP contribution in [0.1, 0.15) is 26.3 Å². The standard InChI is InChI=1S/C20H15NO4/c22-18(15-9-12-5-1-2-6-13(12)10-15)21-17-8-4-3-7-14(17)11-16(19(21)23)20(24)25/h1-8,11,15H,9-10H2,(H,24,25). The monoisotopic (exact) mass is 333 g/mol. The van der Waals surface area contributed by atoms with E-state index in [2.05, 4.69) is 0 Å². The maximum atomic E-state index is 13.1. The summed E-state index contributed by atoms with van der Waals surface area (Å²) < 4.78 is 1.04. The molecular weight excluding hydrogens is 318 g/mol. The van der Waals surface area contributed by atoms with Gasteiger partial charge in [-0.25, -0.2) is 9.36 Å². The van der Waals surface area contributed by atoms with Crippen molar-refractivity contribution in [1.82, 2.24) is 4.57 Å². The molecule has 0 atom stereocenters. The van der Waals surface area contributed by atoms with Gasteiger partial charge in [-0.2, -0.15) is 0 Å². The molecule has 1 aromatic heterocycles. The van der Waals surface area contributed by atoms with Crippen molar-refractivity contribution in [2.24, 2.45) is 5.92 Å². The summed E-state index contributed by atoms with van der Waals surface area (Å²) in [5, 5.41) is 9.87. The van der Waals surface area contributed by atoms with E-state index in [1.807, 2.05) is 24.3 Å². The molecule has 1 heterocycles. The van der Waals surface area contributed by atoms with Crippen LogP contribution in [0.2, 0.25) is 0 Å². The minimum Gasteiger partial charge on any atom is -0.477 e. The molecule has 0 aliphatic heterocycles. The first-order valence-corrected chi connectivity index (χ1v) is 8.05. The van der Waals surface area contributed by atoms with Gasteiger partial charge in [0.1, 0.15) is 5.56 Å². The first kappa shape index (κ1) is 15.3. The molecule has 1 N–H and O–H groups in total. The first-order valence-electron chi connectivity index (χ1n) is 8.05. The van der Waals surface area contributed by atoms with E-state index < -0.39 is 11.5 Å². The lowest BCUT2D eigenvalue weighted by atomic mass is 10.0. The number of aromatic carboxylic acids is 1. The van der Waals surface area contributed by atoms with E-state index in [1.54, 1.807) is 24.3 Å². The van der Waals surface area contributed by atoms with Gasteiger partial charge in [0.15, 0.2) is 0 Å². The predicted molar refractivity (Wildman–Crippen MR) is 93.1 cm³/mol. The summed E-state index contributed by atoms with van der Waals surface area (Å²) in [6, 6.07) is 16.0. The molecule has 0 unspecified atom stereocenters. The van der Waals surface area contributed by atoms with Crippen molar-refractivity contribution in [3.8, 4) is 0 Å². The molecule has 2 aromatic carbocycles. The molecule has 5 nitrogen and oxygen atoms in total. The highest BCUT2D eigenvalue weighted by Gasteiger charge is 2.30. The highest BCUT2D eigenvalue weighted by atomic mass is 16.4. The number of carboxylic acids is 1. The van der Waals surface area contributed by atoms with E-state index >= 15 is 0 Å². The van der Waals surface area contributed by atoms with E-state index in [1.165, 1.54) is 6.07 Å². The zero-order chi connectivity index (χ0) is 17.6. The Morgan fingerprint density at radius 3 is 2.20 bits per heavy atom. The maximum absolute atomic E-state index is 13.1. The van der Waals surface area contributed by atoms with Crippen LogP contribution >= 0.6 is 0 Å². The van der Waals surface area contributed by atoms with E-state index in [-0.39, 0.29) is 17.4 Å². The average molecular weight is 333 g/mol. The summed E-state index contributed by atoms with van der Waals surface area (Å²) in [6.45, 7) is 0. The molecule has 1 aliphatic rings. The number of carboxylic acid groups (broad SMARTS) is 1. The largest absolute Gasteiger partial charge is 0.477 e. The second-order valence-corrected chi connectivity index (χ2v) is 6.27. The van der Waals surface area contributed by atoms with Crippen molar-refractivity contribution < 1.29 is 14.7 Å². The second-order valence-electron chi connectivity index (χ2n) is 6.27. The topological polar surface area (TPSA) is 76.4 Å². The number of hydrogen-bond donors (Lipinski definition) is 1. The number of para-hydroxylation sites is 1. The Balaban J connectivity index is 1.86. The Hall–Kier alpha value is -3.21. The van der Waals surface area contributed by atoms with Crippen LogP contribution in [0, 0.1) is 5.92 Å². The summed E-state index contributed by atoms with van der Waals surface area (Å²) in [4.78, 5) is 37.2. The van der Waals surface area contributed by atoms with Gasteiger partial charge in [0.05, 0.1) is 5.52 Å². The van der Waals surface area contributed by atoms with Gasteiger partial charge in [-0.15, -0.1) is 0 Å². The summed E-state index contributed by atoms with van der Waals surface area (Å²) >= 11 is 0. The first-order chi connectivity index (χ1) is 12.1. The summed E-state index contributed by atoms with van der Waals surface area (Å²) in [7, 11) is 0. The fourth-order valence-electron chi connectivity index (χ4n) is 3.55. The third-order valence-corrected chi connectivity index (χ3v) is 4.76. The molecule has 0 fully saturated rings. The van der Waals surface area contributed by atoms with Crippen LogP contribution in [-0.4, -0.2) is 21.6 Å². The van der Waals surface area contributed by atoms with Crippen LogP contribution in [0.5, 0.6) is 0 Å². The van der Waals surface area contributed by atoms with Crippen LogP contribution in [0.4, 0.5) is 0 Å². The minimum atomic E-state index is -1.33. The number of aromatic nitrogens is 1. The molecule has 0 saturated heterocycles. The second kappa shape index (κ2) is 5.70. The van der Waals surface area contributed by atoms with Crippen molar-refractivity contribution in [2.75, 3.05) is 0 Å². The Morgan fingerprint density at radius 1 is 0.960 bits per heavy atom. The maximum Gasteiger partial charge on any atom is 0.341 e. The van der Waals surface area contributed by atoms with E-state index in [0.717, 1.165) is 15.7 Å². The molecule has 3 aromatic rings. The Labute approximate surface area is 143 Å². The highest BCUT2D eigenvalue weighted by Crippen LogP contribution is 2.28. The molecule has 124 valence electrons. The van der Waals surface area contributed by atoms with Gasteiger partial charge in [0.2, 0.25) is 5.91 Å². The van der Waals surface area contributed by atoms with Crippen LogP contribution in [0.15, 0.2) is 59.4 Å². The number of rotatable bonds is 2. The summed E-state index contributed by atoms with van der Waals surface area (Å²) in [5.41, 5.74) is 1.49. The van der Waals surface area contributed by atoms with Crippen molar-refractivity contribution >= 4 is 22.8 Å². The van der Waals surface area contributed by atoms with Crippen molar-refractivity contribution in [3.63, 3.8) is 0 Å². The number of fused-ring (bicyclic) bond motifs is 2. The summed E-state index contributed by atoms with van der Waals surface area (Å²) in [6.07, 6.45) is 1.13. The van der Waals surface area contributed by atoms with Crippen molar-refractivity contribution in [1.29, 1.82) is 0 Å². The van der Waals surface area contributed by atoms with Crippen LogP contribution in [-0.2, 0) is 12.8 Å². The third-order valence-electron chi connectivity index (χ3n) is 4.76. The number of benzene rings is 2. The molecule has 0 spiro atoms. The molecule has 25 heavy (non-hydrogen) atoms. The number of carbonyl (C=O) groups is 2. The SMILES string of the molecule is O=C(O)c1cc2ccccc2n(C(=O)C2Cc3ccccc3C2)c1=O. The molecule has 0 amide bonds. The van der Waals surface area contributed by atoms with Gasteiger partial charge in [0, 0.05) is 5.92 Å². The Morgan fingerprint density at radius 2 is 1.56 bits per heavy atom. The third kappa shape index (κ3) is 2.45.